The van der Waals surface area contributed by atoms with Gasteiger partial charge in [0.25, 0.3) is 40.5 Å². The van der Waals surface area contributed by atoms with Gasteiger partial charge in [0.05, 0.1) is 23.3 Å². The molecule has 2 aliphatic heterocycles. The summed E-state index contributed by atoms with van der Waals surface area (Å²) >= 11 is 2.35. The molecular formula is C46H72N8O10S6. The largest absolute Gasteiger partial charge is 0.386 e. The lowest BCUT2D eigenvalue weighted by atomic mass is 9.98. The predicted molar refractivity (Wildman–Crippen MR) is 281 cm³/mol. The van der Waals surface area contributed by atoms with E-state index in [4.69, 9.17) is 0 Å². The maximum Gasteiger partial charge on any atom is 0.281 e. The highest BCUT2D eigenvalue weighted by Gasteiger charge is 2.41. The van der Waals surface area contributed by atoms with Crippen LogP contribution in [0.2, 0.25) is 0 Å². The first-order chi connectivity index (χ1) is 32.3. The second-order valence-electron chi connectivity index (χ2n) is 19.4. The van der Waals surface area contributed by atoms with E-state index >= 15 is 0 Å². The number of aliphatic hydroxyl groups is 2. The van der Waals surface area contributed by atoms with Crippen molar-refractivity contribution in [3.8, 4) is 0 Å². The third-order valence-corrected chi connectivity index (χ3v) is 23.0. The number of thiophene rings is 2. The van der Waals surface area contributed by atoms with Crippen molar-refractivity contribution in [3.05, 3.63) is 94.7 Å². The van der Waals surface area contributed by atoms with Crippen LogP contribution in [0.5, 0.6) is 0 Å². The van der Waals surface area contributed by atoms with E-state index in [9.17, 15) is 43.9 Å². The lowest BCUT2D eigenvalue weighted by Gasteiger charge is -2.44. The molecule has 2 aliphatic rings. The fraction of sp³-hybridized carbons (Fsp3) is 0.565. The van der Waals surface area contributed by atoms with Gasteiger partial charge in [-0.2, -0.15) is 42.7 Å². The van der Waals surface area contributed by atoms with Crippen LogP contribution >= 0.6 is 22.7 Å². The SMILES string of the molecule is CC(C)N(C[C@H]1CN(S(=O)(=O)c2cccs2)CCN1c1ccc(C(C)(C)O)cc1)S(=O)(=O)N(C)C.CC(C)N(C[C@H]1CN(S(=O)(=O)c2cccs2)CCN1c1ccc(C(C)(C)O)cc1)S(=O)(=O)N(C)C. The molecule has 18 nitrogen and oxygen atoms in total. The van der Waals surface area contributed by atoms with E-state index in [2.05, 4.69) is 9.80 Å². The van der Waals surface area contributed by atoms with Gasteiger partial charge in [-0.25, -0.2) is 16.8 Å². The Balaban J connectivity index is 0.000000261. The van der Waals surface area contributed by atoms with Crippen molar-refractivity contribution in [1.82, 2.24) is 25.8 Å². The molecule has 0 radical (unpaired) electrons. The fourth-order valence-electron chi connectivity index (χ4n) is 8.26. The minimum atomic E-state index is -3.72. The zero-order valence-electron chi connectivity index (χ0n) is 42.2. The molecule has 0 amide bonds. The first-order valence-electron chi connectivity index (χ1n) is 23.0. The molecule has 2 aromatic heterocycles. The standard InChI is InChI=1S/2C23H36N4O5S3/c2*1-18(2)27(35(31,32)24(5)6)17-21-16-25(34(29,30)22-8-7-15-33-22)13-14-26(21)20-11-9-19(10-12-20)23(3,4)28/h2*7-12,15,18,21,28H,13-14,16-17H2,1-6H3/t2*21-/m11/s1. The summed E-state index contributed by atoms with van der Waals surface area (Å²) in [5.41, 5.74) is 1.25. The number of sulfonamides is 2. The molecule has 2 aromatic carbocycles. The predicted octanol–water partition coefficient (Wildman–Crippen LogP) is 4.74. The summed E-state index contributed by atoms with van der Waals surface area (Å²) in [6.45, 7) is 16.0. The number of nitrogens with zero attached hydrogens (tertiary/aromatic N) is 8. The molecule has 0 spiro atoms. The van der Waals surface area contributed by atoms with Crippen molar-refractivity contribution in [2.75, 3.05) is 90.3 Å². The average molecular weight is 1090 g/mol. The van der Waals surface area contributed by atoms with Crippen molar-refractivity contribution in [1.29, 1.82) is 0 Å². The second-order valence-corrected chi connectivity index (χ2v) is 29.8. The van der Waals surface area contributed by atoms with Gasteiger partial charge in [-0.3, -0.25) is 0 Å². The highest BCUT2D eigenvalue weighted by atomic mass is 32.3. The lowest BCUT2D eigenvalue weighted by molar-refractivity contribution is 0.0780. The summed E-state index contributed by atoms with van der Waals surface area (Å²) in [6.07, 6.45) is 0. The number of piperazine rings is 2. The highest BCUT2D eigenvalue weighted by molar-refractivity contribution is 7.91. The van der Waals surface area contributed by atoms with Crippen LogP contribution in [0.1, 0.15) is 66.5 Å². The molecule has 0 saturated carbocycles. The van der Waals surface area contributed by atoms with E-state index in [1.165, 1.54) is 76.7 Å². The van der Waals surface area contributed by atoms with Crippen LogP contribution in [0.15, 0.2) is 92.0 Å². The zero-order valence-corrected chi connectivity index (χ0v) is 47.1. The number of rotatable bonds is 18. The van der Waals surface area contributed by atoms with Crippen LogP contribution in [0.25, 0.3) is 0 Å². The summed E-state index contributed by atoms with van der Waals surface area (Å²) < 4.78 is 114. The van der Waals surface area contributed by atoms with E-state index in [-0.39, 0.29) is 59.8 Å². The summed E-state index contributed by atoms with van der Waals surface area (Å²) in [4.78, 5) is 4.13. The van der Waals surface area contributed by atoms with E-state index in [1.807, 2.05) is 76.2 Å². The minimum absolute atomic E-state index is 0.127. The maximum atomic E-state index is 13.3. The van der Waals surface area contributed by atoms with Gasteiger partial charge in [-0.1, -0.05) is 36.4 Å². The first kappa shape index (κ1) is 57.8. The van der Waals surface area contributed by atoms with Crippen LogP contribution in [0.3, 0.4) is 0 Å². The lowest BCUT2D eigenvalue weighted by Crippen LogP contribution is -2.60. The Morgan fingerprint density at radius 3 is 1.10 bits per heavy atom. The van der Waals surface area contributed by atoms with Crippen LogP contribution in [-0.2, 0) is 51.7 Å². The number of benzene rings is 2. The van der Waals surface area contributed by atoms with Crippen molar-refractivity contribution >= 4 is 74.5 Å². The topological polar surface area (TPSA) is 203 Å². The Hall–Kier alpha value is -3.08. The van der Waals surface area contributed by atoms with E-state index in [0.717, 1.165) is 22.5 Å². The third-order valence-electron chi connectivity index (χ3n) is 12.3. The van der Waals surface area contributed by atoms with Crippen molar-refractivity contribution < 1.29 is 43.9 Å². The quantitative estimate of drug-likeness (QED) is 0.139. The molecule has 2 atom stereocenters. The fourth-order valence-corrected chi connectivity index (χ4v) is 16.1. The molecule has 0 bridgehead atoms. The molecule has 70 heavy (non-hydrogen) atoms. The van der Waals surface area contributed by atoms with Crippen LogP contribution in [-0.4, -0.2) is 174 Å². The van der Waals surface area contributed by atoms with E-state index in [1.54, 1.807) is 62.7 Å². The normalized spacial score (nSPS) is 18.7. The molecule has 0 aliphatic carbocycles. The third kappa shape index (κ3) is 13.4. The highest BCUT2D eigenvalue weighted by Crippen LogP contribution is 2.32. The molecule has 2 fully saturated rings. The Morgan fingerprint density at radius 1 is 0.543 bits per heavy atom. The van der Waals surface area contributed by atoms with Gasteiger partial charge in [0.1, 0.15) is 8.42 Å². The summed E-state index contributed by atoms with van der Waals surface area (Å²) in [6, 6.07) is 20.1. The van der Waals surface area contributed by atoms with E-state index < -0.39 is 63.8 Å². The average Bonchev–Trinajstić information content (AvgIpc) is 4.04. The maximum absolute atomic E-state index is 13.3. The van der Waals surface area contributed by atoms with Gasteiger partial charge in [0, 0.05) is 104 Å². The van der Waals surface area contributed by atoms with Gasteiger partial charge in [-0.15, -0.1) is 22.7 Å². The minimum Gasteiger partial charge on any atom is -0.386 e. The van der Waals surface area contributed by atoms with Gasteiger partial charge in [0.15, 0.2) is 0 Å². The summed E-state index contributed by atoms with van der Waals surface area (Å²) in [5, 5.41) is 24.1. The Labute approximate surface area is 425 Å². The van der Waals surface area contributed by atoms with Crippen molar-refractivity contribution in [2.45, 2.75) is 99.2 Å². The first-order valence-corrected chi connectivity index (χ1v) is 30.4. The summed E-state index contributed by atoms with van der Waals surface area (Å²) in [5.74, 6) is 0. The molecule has 4 aromatic rings. The van der Waals surface area contributed by atoms with Crippen molar-refractivity contribution in [2.24, 2.45) is 0 Å². The Bertz CT molecular complexity index is 2570. The molecule has 2 saturated heterocycles. The van der Waals surface area contributed by atoms with E-state index in [0.29, 0.717) is 13.1 Å². The molecule has 392 valence electrons. The van der Waals surface area contributed by atoms with Gasteiger partial charge in [0.2, 0.25) is 0 Å². The zero-order chi connectivity index (χ0) is 52.4. The second kappa shape index (κ2) is 22.6. The van der Waals surface area contributed by atoms with Gasteiger partial charge < -0.3 is 20.0 Å². The molecule has 6 rings (SSSR count). The monoisotopic (exact) mass is 1090 g/mol. The number of hydrogen-bond donors (Lipinski definition) is 2. The molecular weight excluding hydrogens is 1020 g/mol. The molecule has 24 heteroatoms. The molecule has 0 unspecified atom stereocenters. The Kier molecular flexibility index (Phi) is 18.7. The summed E-state index contributed by atoms with van der Waals surface area (Å²) in [7, 11) is -8.83. The van der Waals surface area contributed by atoms with Crippen LogP contribution in [0, 0.1) is 0 Å². The van der Waals surface area contributed by atoms with Crippen molar-refractivity contribution in [3.63, 3.8) is 0 Å². The molecule has 4 heterocycles. The van der Waals surface area contributed by atoms with Crippen LogP contribution in [0.4, 0.5) is 11.4 Å². The number of hydrogen-bond acceptors (Lipinski definition) is 14. The molecule has 2 N–H and O–H groups in total. The smallest absolute Gasteiger partial charge is 0.281 e. The van der Waals surface area contributed by atoms with Gasteiger partial charge in [-0.05, 0) is 114 Å². The van der Waals surface area contributed by atoms with Crippen LogP contribution < -0.4 is 9.80 Å². The Morgan fingerprint density at radius 2 is 0.857 bits per heavy atom. The number of anilines is 2. The van der Waals surface area contributed by atoms with Gasteiger partial charge >= 0.3 is 0 Å².